The molecule has 2 heterocycles. The second-order valence-electron chi connectivity index (χ2n) is 13.4. The van der Waals surface area contributed by atoms with Gasteiger partial charge in [-0.05, 0) is 27.5 Å². The van der Waals surface area contributed by atoms with Crippen molar-refractivity contribution in [3.05, 3.63) is 194 Å². The fourth-order valence-corrected chi connectivity index (χ4v) is 7.44. The van der Waals surface area contributed by atoms with Crippen molar-refractivity contribution in [2.75, 3.05) is 0 Å². The zero-order valence-electron chi connectivity index (χ0n) is 29.3. The number of para-hydroxylation sites is 1. The third kappa shape index (κ3) is 5.67. The topological polar surface area (TPSA) is 51.6 Å². The minimum atomic E-state index is 0.642. The zero-order chi connectivity index (χ0) is 35.8. The minimum absolute atomic E-state index is 0.642. The van der Waals surface area contributed by atoms with Crippen molar-refractivity contribution in [3.8, 4) is 67.7 Å². The van der Waals surface area contributed by atoms with Crippen LogP contribution in [0.1, 0.15) is 0 Å². The van der Waals surface area contributed by atoms with Crippen molar-refractivity contribution in [1.29, 1.82) is 0 Å². The van der Waals surface area contributed by atoms with E-state index in [9.17, 15) is 0 Å². The molecule has 0 aliphatic carbocycles. The molecule has 0 aliphatic heterocycles. The summed E-state index contributed by atoms with van der Waals surface area (Å²) in [6.07, 6.45) is 0. The SMILES string of the molecule is c1ccc(-c2nc(-c3ccccc3)nc(-c3ccc(-c4ccc(-c5cccc6c5nc(-c5ccccc5)c5ccc7ccccc7c56)cc4)cc3)n2)cc1. The first-order valence-electron chi connectivity index (χ1n) is 18.1. The third-order valence-electron chi connectivity index (χ3n) is 10.1. The Bertz CT molecular complexity index is 2890. The van der Waals surface area contributed by atoms with E-state index in [4.69, 9.17) is 19.9 Å². The summed E-state index contributed by atoms with van der Waals surface area (Å²) < 4.78 is 0. The lowest BCUT2D eigenvalue weighted by Crippen LogP contribution is -2.00. The standard InChI is InChI=1S/C50H32N4/c1-4-14-37(15-5-1)46-44-32-31-35-13-10-11-20-41(35)45(44)43-22-12-21-42(47(43)51-46)36-27-23-33(24-28-36)34-25-29-40(30-26-34)50-53-48(38-16-6-2-7-17-38)52-49(54-50)39-18-8-3-9-19-39/h1-32H. The zero-order valence-corrected chi connectivity index (χ0v) is 29.3. The van der Waals surface area contributed by atoms with Gasteiger partial charge in [0.2, 0.25) is 0 Å². The van der Waals surface area contributed by atoms with Crippen molar-refractivity contribution >= 4 is 32.4 Å². The summed E-state index contributed by atoms with van der Waals surface area (Å²) in [5, 5.41) is 6.01. The highest BCUT2D eigenvalue weighted by Crippen LogP contribution is 2.40. The molecule has 0 N–H and O–H groups in total. The maximum Gasteiger partial charge on any atom is 0.164 e. The predicted molar refractivity (Wildman–Crippen MR) is 223 cm³/mol. The lowest BCUT2D eigenvalue weighted by molar-refractivity contribution is 1.07. The number of benzene rings is 8. The number of pyridine rings is 1. The molecule has 54 heavy (non-hydrogen) atoms. The van der Waals surface area contributed by atoms with Crippen molar-refractivity contribution in [3.63, 3.8) is 0 Å². The Hall–Kier alpha value is -7.30. The van der Waals surface area contributed by atoms with Crippen molar-refractivity contribution in [2.24, 2.45) is 0 Å². The van der Waals surface area contributed by atoms with Gasteiger partial charge in [0.1, 0.15) is 0 Å². The van der Waals surface area contributed by atoms with E-state index in [0.29, 0.717) is 17.5 Å². The average Bonchev–Trinajstić information content (AvgIpc) is 3.26. The van der Waals surface area contributed by atoms with Crippen molar-refractivity contribution < 1.29 is 0 Å². The van der Waals surface area contributed by atoms with E-state index >= 15 is 0 Å². The summed E-state index contributed by atoms with van der Waals surface area (Å²) in [5.41, 5.74) is 10.4. The van der Waals surface area contributed by atoms with Crippen LogP contribution < -0.4 is 0 Å². The Balaban J connectivity index is 1.03. The number of nitrogens with zero attached hydrogens (tertiary/aromatic N) is 4. The van der Waals surface area contributed by atoms with E-state index in [1.807, 2.05) is 60.7 Å². The summed E-state index contributed by atoms with van der Waals surface area (Å²) >= 11 is 0. The largest absolute Gasteiger partial charge is 0.246 e. The van der Waals surface area contributed by atoms with Crippen LogP contribution in [0.4, 0.5) is 0 Å². The summed E-state index contributed by atoms with van der Waals surface area (Å²) in [7, 11) is 0. The molecule has 252 valence electrons. The summed E-state index contributed by atoms with van der Waals surface area (Å²) in [5.74, 6) is 1.95. The number of hydrogen-bond acceptors (Lipinski definition) is 4. The van der Waals surface area contributed by atoms with Gasteiger partial charge in [-0.3, -0.25) is 0 Å². The van der Waals surface area contributed by atoms with Gasteiger partial charge < -0.3 is 0 Å². The average molecular weight is 689 g/mol. The molecule has 0 fully saturated rings. The monoisotopic (exact) mass is 688 g/mol. The van der Waals surface area contributed by atoms with Crippen LogP contribution in [0.15, 0.2) is 194 Å². The Morgan fingerprint density at radius 1 is 0.259 bits per heavy atom. The number of aromatic nitrogens is 4. The molecule has 0 saturated heterocycles. The van der Waals surface area contributed by atoms with Crippen LogP contribution in [0, 0.1) is 0 Å². The predicted octanol–water partition coefficient (Wildman–Crippen LogP) is 12.7. The fraction of sp³-hybridized carbons (Fsp3) is 0. The van der Waals surface area contributed by atoms with Gasteiger partial charge in [0.05, 0.1) is 11.2 Å². The van der Waals surface area contributed by atoms with Crippen LogP contribution in [0.3, 0.4) is 0 Å². The van der Waals surface area contributed by atoms with Gasteiger partial charge >= 0.3 is 0 Å². The molecule has 0 unspecified atom stereocenters. The lowest BCUT2D eigenvalue weighted by atomic mass is 9.92. The molecular formula is C50H32N4. The highest BCUT2D eigenvalue weighted by Gasteiger charge is 2.17. The minimum Gasteiger partial charge on any atom is -0.246 e. The molecule has 4 heteroatoms. The second kappa shape index (κ2) is 13.4. The van der Waals surface area contributed by atoms with Crippen LogP contribution >= 0.6 is 0 Å². The van der Waals surface area contributed by atoms with E-state index in [0.717, 1.165) is 66.5 Å². The first-order valence-corrected chi connectivity index (χ1v) is 18.1. The van der Waals surface area contributed by atoms with Gasteiger partial charge in [0.25, 0.3) is 0 Å². The van der Waals surface area contributed by atoms with Crippen LogP contribution in [0.2, 0.25) is 0 Å². The number of rotatable bonds is 6. The first kappa shape index (κ1) is 31.4. The molecule has 8 aromatic carbocycles. The van der Waals surface area contributed by atoms with E-state index in [2.05, 4.69) is 133 Å². The van der Waals surface area contributed by atoms with Gasteiger partial charge in [-0.25, -0.2) is 19.9 Å². The van der Waals surface area contributed by atoms with Crippen LogP contribution in [-0.2, 0) is 0 Å². The highest BCUT2D eigenvalue weighted by molar-refractivity contribution is 6.23. The van der Waals surface area contributed by atoms with Gasteiger partial charge in [-0.15, -0.1) is 0 Å². The van der Waals surface area contributed by atoms with Crippen molar-refractivity contribution in [1.82, 2.24) is 19.9 Å². The molecule has 0 bridgehead atoms. The maximum absolute atomic E-state index is 5.41. The fourth-order valence-electron chi connectivity index (χ4n) is 7.44. The van der Waals surface area contributed by atoms with Gasteiger partial charge in [0, 0.05) is 44.0 Å². The maximum atomic E-state index is 5.41. The molecule has 4 nitrogen and oxygen atoms in total. The molecule has 0 amide bonds. The molecule has 0 spiro atoms. The summed E-state index contributed by atoms with van der Waals surface area (Å²) in [6.45, 7) is 0. The number of hydrogen-bond donors (Lipinski definition) is 0. The third-order valence-corrected chi connectivity index (χ3v) is 10.1. The quantitative estimate of drug-likeness (QED) is 0.163. The van der Waals surface area contributed by atoms with Gasteiger partial charge in [-0.2, -0.15) is 0 Å². The normalized spacial score (nSPS) is 11.3. The summed E-state index contributed by atoms with van der Waals surface area (Å²) in [6, 6.07) is 67.6. The molecular weight excluding hydrogens is 657 g/mol. The van der Waals surface area contributed by atoms with Gasteiger partial charge in [0.15, 0.2) is 17.5 Å². The molecule has 2 aromatic heterocycles. The van der Waals surface area contributed by atoms with E-state index < -0.39 is 0 Å². The van der Waals surface area contributed by atoms with E-state index in [-0.39, 0.29) is 0 Å². The van der Waals surface area contributed by atoms with Crippen LogP contribution in [0.5, 0.6) is 0 Å². The molecule has 10 rings (SSSR count). The Labute approximate surface area is 313 Å². The van der Waals surface area contributed by atoms with E-state index in [1.165, 1.54) is 16.2 Å². The molecule has 0 radical (unpaired) electrons. The van der Waals surface area contributed by atoms with E-state index in [1.54, 1.807) is 0 Å². The Kier molecular flexibility index (Phi) is 7.77. The van der Waals surface area contributed by atoms with Crippen molar-refractivity contribution in [2.45, 2.75) is 0 Å². The molecule has 0 aliphatic rings. The smallest absolute Gasteiger partial charge is 0.164 e. The first-order chi connectivity index (χ1) is 26.8. The van der Waals surface area contributed by atoms with Crippen LogP contribution in [0.25, 0.3) is 100 Å². The number of fused-ring (bicyclic) bond motifs is 5. The van der Waals surface area contributed by atoms with Gasteiger partial charge in [-0.1, -0.05) is 194 Å². The molecule has 0 atom stereocenters. The summed E-state index contributed by atoms with van der Waals surface area (Å²) in [4.78, 5) is 20.1. The second-order valence-corrected chi connectivity index (χ2v) is 13.4. The molecule has 10 aromatic rings. The van der Waals surface area contributed by atoms with Crippen LogP contribution in [-0.4, -0.2) is 19.9 Å². The highest BCUT2D eigenvalue weighted by atomic mass is 15.0. The molecule has 0 saturated carbocycles. The Morgan fingerprint density at radius 2 is 0.722 bits per heavy atom. The lowest BCUT2D eigenvalue weighted by Gasteiger charge is -2.15. The Morgan fingerprint density at radius 3 is 1.31 bits per heavy atom.